The Balaban J connectivity index is 4.08. The van der Waals surface area contributed by atoms with Crippen molar-refractivity contribution in [1.82, 2.24) is 0 Å². The Morgan fingerprint density at radius 2 is 2.18 bits per heavy atom. The zero-order valence-corrected chi connectivity index (χ0v) is 6.82. The van der Waals surface area contributed by atoms with Crippen LogP contribution in [0.5, 0.6) is 0 Å². The van der Waals surface area contributed by atoms with Gasteiger partial charge in [-0.2, -0.15) is 0 Å². The van der Waals surface area contributed by atoms with Crippen LogP contribution in [0.25, 0.3) is 0 Å². The molecule has 4 heteroatoms. The summed E-state index contributed by atoms with van der Waals surface area (Å²) in [6, 6.07) is -0.697. The van der Waals surface area contributed by atoms with Gasteiger partial charge in [0.1, 0.15) is 6.29 Å². The minimum atomic E-state index is -0.697. The Kier molecular flexibility index (Phi) is 4.41. The van der Waals surface area contributed by atoms with E-state index in [4.69, 9.17) is 0 Å². The van der Waals surface area contributed by atoms with Gasteiger partial charge in [0.05, 0.1) is 6.42 Å². The molecule has 2 unspecified atom stereocenters. The van der Waals surface area contributed by atoms with Crippen LogP contribution in [-0.2, 0) is 4.79 Å². The van der Waals surface area contributed by atoms with Gasteiger partial charge in [0, 0.05) is 10.8 Å². The summed E-state index contributed by atoms with van der Waals surface area (Å²) in [5, 5.41) is 10.3. The molecule has 0 saturated carbocycles. The standard InChI is InChI=1S/C7H13NO3/c1-3-6(2)7(4-5-9)8(10)11/h5-7H,3-4H2,1-2H3. The van der Waals surface area contributed by atoms with Gasteiger partial charge >= 0.3 is 0 Å². The van der Waals surface area contributed by atoms with Crippen LogP contribution in [0.15, 0.2) is 0 Å². The maximum atomic E-state index is 10.3. The highest BCUT2D eigenvalue weighted by Gasteiger charge is 2.25. The Labute approximate surface area is 65.7 Å². The zero-order valence-electron chi connectivity index (χ0n) is 6.82. The smallest absolute Gasteiger partial charge is 0.222 e. The molecule has 0 rings (SSSR count). The number of rotatable bonds is 5. The van der Waals surface area contributed by atoms with E-state index in [-0.39, 0.29) is 17.3 Å². The van der Waals surface area contributed by atoms with Crippen molar-refractivity contribution in [3.05, 3.63) is 10.1 Å². The van der Waals surface area contributed by atoms with Gasteiger partial charge in [0.2, 0.25) is 6.04 Å². The molecule has 0 aromatic heterocycles. The maximum absolute atomic E-state index is 10.3. The Morgan fingerprint density at radius 1 is 1.64 bits per heavy atom. The van der Waals surface area contributed by atoms with Crippen LogP contribution in [0.1, 0.15) is 26.7 Å². The fourth-order valence-corrected chi connectivity index (χ4v) is 0.897. The van der Waals surface area contributed by atoms with E-state index in [9.17, 15) is 14.9 Å². The van der Waals surface area contributed by atoms with E-state index in [1.54, 1.807) is 6.92 Å². The minimum absolute atomic E-state index is 0.0183. The van der Waals surface area contributed by atoms with Crippen molar-refractivity contribution in [1.29, 1.82) is 0 Å². The van der Waals surface area contributed by atoms with E-state index >= 15 is 0 Å². The number of carbonyl (C=O) groups is 1. The average molecular weight is 159 g/mol. The monoisotopic (exact) mass is 159 g/mol. The molecule has 2 atom stereocenters. The van der Waals surface area contributed by atoms with Crippen molar-refractivity contribution < 1.29 is 9.72 Å². The molecule has 0 fully saturated rings. The van der Waals surface area contributed by atoms with Crippen LogP contribution in [0.2, 0.25) is 0 Å². The quantitative estimate of drug-likeness (QED) is 0.344. The summed E-state index contributed by atoms with van der Waals surface area (Å²) >= 11 is 0. The number of hydrogen-bond donors (Lipinski definition) is 0. The third-order valence-corrected chi connectivity index (χ3v) is 1.91. The number of hydrogen-bond acceptors (Lipinski definition) is 3. The summed E-state index contributed by atoms with van der Waals surface area (Å²) in [6.07, 6.45) is 1.38. The van der Waals surface area contributed by atoms with Crippen LogP contribution in [0, 0.1) is 16.0 Å². The van der Waals surface area contributed by atoms with Crippen molar-refractivity contribution >= 4 is 6.29 Å². The Morgan fingerprint density at radius 3 is 2.45 bits per heavy atom. The van der Waals surface area contributed by atoms with E-state index < -0.39 is 6.04 Å². The lowest BCUT2D eigenvalue weighted by molar-refractivity contribution is -0.530. The van der Waals surface area contributed by atoms with Crippen molar-refractivity contribution in [2.75, 3.05) is 0 Å². The summed E-state index contributed by atoms with van der Waals surface area (Å²) < 4.78 is 0. The highest BCUT2D eigenvalue weighted by molar-refractivity contribution is 5.50. The molecule has 0 aromatic carbocycles. The minimum Gasteiger partial charge on any atom is -0.303 e. The van der Waals surface area contributed by atoms with Crippen molar-refractivity contribution in [2.24, 2.45) is 5.92 Å². The predicted octanol–water partition coefficient (Wildman–Crippen LogP) is 1.27. The first kappa shape index (κ1) is 10.1. The van der Waals surface area contributed by atoms with Gasteiger partial charge in [-0.05, 0) is 6.42 Å². The molecule has 0 aliphatic carbocycles. The van der Waals surface area contributed by atoms with Crippen molar-refractivity contribution in [3.63, 3.8) is 0 Å². The number of nitrogens with zero attached hydrogens (tertiary/aromatic N) is 1. The number of nitro groups is 1. The molecule has 0 spiro atoms. The first-order chi connectivity index (χ1) is 5.13. The molecule has 64 valence electrons. The average Bonchev–Trinajstić information content (AvgIpc) is 1.98. The van der Waals surface area contributed by atoms with E-state index in [0.29, 0.717) is 6.29 Å². The summed E-state index contributed by atoms with van der Waals surface area (Å²) in [5.41, 5.74) is 0. The molecule has 0 saturated heterocycles. The Bertz CT molecular complexity index is 147. The summed E-state index contributed by atoms with van der Waals surface area (Å²) in [6.45, 7) is 3.67. The third kappa shape index (κ3) is 3.11. The molecule has 0 heterocycles. The van der Waals surface area contributed by atoms with Gasteiger partial charge in [0.15, 0.2) is 0 Å². The normalized spacial score (nSPS) is 15.5. The second-order valence-corrected chi connectivity index (χ2v) is 2.64. The van der Waals surface area contributed by atoms with Gasteiger partial charge in [-0.15, -0.1) is 0 Å². The Hall–Kier alpha value is -0.930. The zero-order chi connectivity index (χ0) is 8.85. The van der Waals surface area contributed by atoms with Crippen molar-refractivity contribution in [3.8, 4) is 0 Å². The van der Waals surface area contributed by atoms with Gasteiger partial charge in [-0.1, -0.05) is 13.8 Å². The lowest BCUT2D eigenvalue weighted by Crippen LogP contribution is -2.27. The molecule has 0 bridgehead atoms. The molecular formula is C7H13NO3. The molecule has 4 nitrogen and oxygen atoms in total. The second kappa shape index (κ2) is 4.82. The molecule has 0 N–H and O–H groups in total. The molecule has 0 aromatic rings. The molecule has 0 aliphatic rings. The lowest BCUT2D eigenvalue weighted by Gasteiger charge is -2.11. The molecular weight excluding hydrogens is 146 g/mol. The summed E-state index contributed by atoms with van der Waals surface area (Å²) in [4.78, 5) is 20.0. The SMILES string of the molecule is CCC(C)C(CC=O)[N+](=O)[O-]. The topological polar surface area (TPSA) is 60.2 Å². The van der Waals surface area contributed by atoms with E-state index in [1.807, 2.05) is 6.92 Å². The molecule has 11 heavy (non-hydrogen) atoms. The highest BCUT2D eigenvalue weighted by atomic mass is 16.6. The summed E-state index contributed by atoms with van der Waals surface area (Å²) in [7, 11) is 0. The predicted molar refractivity (Wildman–Crippen MR) is 40.9 cm³/mol. The van der Waals surface area contributed by atoms with E-state index in [0.717, 1.165) is 6.42 Å². The van der Waals surface area contributed by atoms with E-state index in [1.165, 1.54) is 0 Å². The number of aldehydes is 1. The van der Waals surface area contributed by atoms with Crippen LogP contribution in [0.3, 0.4) is 0 Å². The van der Waals surface area contributed by atoms with Crippen molar-refractivity contribution in [2.45, 2.75) is 32.7 Å². The lowest BCUT2D eigenvalue weighted by atomic mass is 9.98. The van der Waals surface area contributed by atoms with Gasteiger partial charge in [0.25, 0.3) is 0 Å². The molecule has 0 aliphatic heterocycles. The fourth-order valence-electron chi connectivity index (χ4n) is 0.897. The summed E-state index contributed by atoms with van der Waals surface area (Å²) in [5.74, 6) is -0.0183. The third-order valence-electron chi connectivity index (χ3n) is 1.91. The molecule has 0 amide bonds. The van der Waals surface area contributed by atoms with E-state index in [2.05, 4.69) is 0 Å². The first-order valence-electron chi connectivity index (χ1n) is 3.70. The van der Waals surface area contributed by atoms with Crippen LogP contribution in [0.4, 0.5) is 0 Å². The van der Waals surface area contributed by atoms with Crippen LogP contribution >= 0.6 is 0 Å². The molecule has 0 radical (unpaired) electrons. The largest absolute Gasteiger partial charge is 0.303 e. The second-order valence-electron chi connectivity index (χ2n) is 2.64. The fraction of sp³-hybridized carbons (Fsp3) is 0.857. The first-order valence-corrected chi connectivity index (χ1v) is 3.70. The van der Waals surface area contributed by atoms with Gasteiger partial charge in [-0.25, -0.2) is 0 Å². The van der Waals surface area contributed by atoms with Crippen LogP contribution < -0.4 is 0 Å². The van der Waals surface area contributed by atoms with Crippen LogP contribution in [-0.4, -0.2) is 17.3 Å². The van der Waals surface area contributed by atoms with Gasteiger partial charge in [-0.3, -0.25) is 10.1 Å². The number of carbonyl (C=O) groups excluding carboxylic acids is 1. The highest BCUT2D eigenvalue weighted by Crippen LogP contribution is 2.12. The van der Waals surface area contributed by atoms with Gasteiger partial charge < -0.3 is 4.79 Å². The maximum Gasteiger partial charge on any atom is 0.222 e.